The Morgan fingerprint density at radius 3 is 2.07 bits per heavy atom. The molecule has 2 unspecified atom stereocenters. The highest BCUT2D eigenvalue weighted by molar-refractivity contribution is 5.83. The zero-order chi connectivity index (χ0) is 22.1. The SMILES string of the molecule is CC(C)[C@H]1CCC2[C@]1(C)CC[C@]1(C)C3CCC(=O)[C@@H](CCC(=O)O)[C@]3(C)CC[C@@]21C. The van der Waals surface area contributed by atoms with Crippen molar-refractivity contribution in [3.8, 4) is 0 Å². The second-order valence-corrected chi connectivity index (χ2v) is 12.9. The second-order valence-electron chi connectivity index (χ2n) is 12.9. The molecular formula is C27H44O3. The van der Waals surface area contributed by atoms with Gasteiger partial charge in [-0.1, -0.05) is 41.5 Å². The number of Topliss-reactive ketones (excluding diaryl/α,β-unsaturated/α-hetero) is 1. The fourth-order valence-electron chi connectivity index (χ4n) is 10.1. The van der Waals surface area contributed by atoms with E-state index < -0.39 is 5.97 Å². The smallest absolute Gasteiger partial charge is 0.303 e. The predicted octanol–water partition coefficient (Wildman–Crippen LogP) is 6.74. The first-order valence-electron chi connectivity index (χ1n) is 12.6. The number of carbonyl (C=O) groups is 2. The largest absolute Gasteiger partial charge is 0.481 e. The van der Waals surface area contributed by atoms with E-state index in [1.54, 1.807) is 0 Å². The van der Waals surface area contributed by atoms with Crippen molar-refractivity contribution < 1.29 is 14.7 Å². The molecule has 0 bridgehead atoms. The van der Waals surface area contributed by atoms with Crippen molar-refractivity contribution in [2.45, 2.75) is 106 Å². The third-order valence-corrected chi connectivity index (χ3v) is 11.7. The summed E-state index contributed by atoms with van der Waals surface area (Å²) in [5, 5.41) is 9.28. The Labute approximate surface area is 183 Å². The van der Waals surface area contributed by atoms with E-state index in [0.29, 0.717) is 35.4 Å². The molecule has 8 atom stereocenters. The van der Waals surface area contributed by atoms with Crippen LogP contribution in [-0.4, -0.2) is 16.9 Å². The lowest BCUT2D eigenvalue weighted by Crippen LogP contribution is -2.64. The summed E-state index contributed by atoms with van der Waals surface area (Å²) < 4.78 is 0. The molecule has 0 aromatic carbocycles. The quantitative estimate of drug-likeness (QED) is 0.552. The molecule has 0 saturated heterocycles. The Hall–Kier alpha value is -0.860. The fourth-order valence-corrected chi connectivity index (χ4v) is 10.1. The molecule has 170 valence electrons. The van der Waals surface area contributed by atoms with Crippen molar-refractivity contribution in [3.63, 3.8) is 0 Å². The number of carbonyl (C=O) groups excluding carboxylic acids is 1. The Morgan fingerprint density at radius 2 is 1.50 bits per heavy atom. The van der Waals surface area contributed by atoms with Gasteiger partial charge in [0.15, 0.2) is 0 Å². The van der Waals surface area contributed by atoms with Crippen LogP contribution in [0.5, 0.6) is 0 Å². The lowest BCUT2D eigenvalue weighted by molar-refractivity contribution is -0.219. The van der Waals surface area contributed by atoms with E-state index in [2.05, 4.69) is 41.5 Å². The van der Waals surface area contributed by atoms with Crippen LogP contribution in [-0.2, 0) is 9.59 Å². The summed E-state index contributed by atoms with van der Waals surface area (Å²) in [4.78, 5) is 24.3. The number of aliphatic carboxylic acids is 1. The minimum atomic E-state index is -0.764. The normalized spacial score (nSPS) is 50.7. The van der Waals surface area contributed by atoms with Crippen LogP contribution >= 0.6 is 0 Å². The number of hydrogen-bond donors (Lipinski definition) is 1. The molecule has 0 spiro atoms. The molecule has 4 rings (SSSR count). The molecule has 0 aromatic heterocycles. The van der Waals surface area contributed by atoms with Gasteiger partial charge in [-0.05, 0) is 96.7 Å². The molecule has 0 amide bonds. The maximum Gasteiger partial charge on any atom is 0.303 e. The van der Waals surface area contributed by atoms with Gasteiger partial charge < -0.3 is 5.11 Å². The molecule has 0 heterocycles. The van der Waals surface area contributed by atoms with Gasteiger partial charge in [-0.15, -0.1) is 0 Å². The van der Waals surface area contributed by atoms with Crippen molar-refractivity contribution in [2.24, 2.45) is 51.2 Å². The zero-order valence-corrected chi connectivity index (χ0v) is 20.2. The highest BCUT2D eigenvalue weighted by atomic mass is 16.4. The summed E-state index contributed by atoms with van der Waals surface area (Å²) in [6, 6.07) is 0. The van der Waals surface area contributed by atoms with E-state index in [1.165, 1.54) is 32.1 Å². The predicted molar refractivity (Wildman–Crippen MR) is 120 cm³/mol. The number of ketones is 1. The van der Waals surface area contributed by atoms with Crippen LogP contribution in [0.4, 0.5) is 0 Å². The topological polar surface area (TPSA) is 54.4 Å². The molecule has 3 heteroatoms. The maximum absolute atomic E-state index is 13.0. The highest BCUT2D eigenvalue weighted by Gasteiger charge is 2.70. The van der Waals surface area contributed by atoms with Gasteiger partial charge in [0.1, 0.15) is 5.78 Å². The number of fused-ring (bicyclic) bond motifs is 5. The molecule has 0 radical (unpaired) electrons. The van der Waals surface area contributed by atoms with Crippen LogP contribution in [0.3, 0.4) is 0 Å². The van der Waals surface area contributed by atoms with Crippen LogP contribution in [0.2, 0.25) is 0 Å². The first-order chi connectivity index (χ1) is 13.9. The molecular weight excluding hydrogens is 372 g/mol. The summed E-state index contributed by atoms with van der Waals surface area (Å²) >= 11 is 0. The monoisotopic (exact) mass is 416 g/mol. The molecule has 4 fully saturated rings. The number of hydrogen-bond acceptors (Lipinski definition) is 2. The van der Waals surface area contributed by atoms with Gasteiger partial charge in [0, 0.05) is 18.8 Å². The Kier molecular flexibility index (Phi) is 5.27. The summed E-state index contributed by atoms with van der Waals surface area (Å²) in [6.45, 7) is 15.0. The summed E-state index contributed by atoms with van der Waals surface area (Å²) in [7, 11) is 0. The van der Waals surface area contributed by atoms with Gasteiger partial charge in [-0.2, -0.15) is 0 Å². The molecule has 3 nitrogen and oxygen atoms in total. The average molecular weight is 417 g/mol. The van der Waals surface area contributed by atoms with Crippen LogP contribution in [0, 0.1) is 51.2 Å². The van der Waals surface area contributed by atoms with Gasteiger partial charge >= 0.3 is 5.97 Å². The zero-order valence-electron chi connectivity index (χ0n) is 20.2. The van der Waals surface area contributed by atoms with Crippen LogP contribution in [0.1, 0.15) is 106 Å². The van der Waals surface area contributed by atoms with Crippen molar-refractivity contribution in [3.05, 3.63) is 0 Å². The average Bonchev–Trinajstić information content (AvgIpc) is 3.01. The molecule has 0 aromatic rings. The van der Waals surface area contributed by atoms with Gasteiger partial charge in [-0.3, -0.25) is 9.59 Å². The third-order valence-electron chi connectivity index (χ3n) is 11.7. The first kappa shape index (κ1) is 22.3. The minimum Gasteiger partial charge on any atom is -0.481 e. The van der Waals surface area contributed by atoms with E-state index >= 15 is 0 Å². The first-order valence-corrected chi connectivity index (χ1v) is 12.6. The highest BCUT2D eigenvalue weighted by Crippen LogP contribution is 2.76. The Bertz CT molecular complexity index is 728. The lowest BCUT2D eigenvalue weighted by Gasteiger charge is -2.70. The molecule has 4 aliphatic carbocycles. The molecule has 4 aliphatic rings. The van der Waals surface area contributed by atoms with Crippen molar-refractivity contribution in [2.75, 3.05) is 0 Å². The van der Waals surface area contributed by atoms with E-state index in [0.717, 1.165) is 30.6 Å². The Morgan fingerprint density at radius 1 is 0.933 bits per heavy atom. The number of carboxylic acids is 1. The molecule has 4 saturated carbocycles. The van der Waals surface area contributed by atoms with Crippen LogP contribution < -0.4 is 0 Å². The van der Waals surface area contributed by atoms with Gasteiger partial charge in [0.05, 0.1) is 0 Å². The van der Waals surface area contributed by atoms with Crippen LogP contribution in [0.15, 0.2) is 0 Å². The second kappa shape index (κ2) is 7.07. The summed E-state index contributed by atoms with van der Waals surface area (Å²) in [5.41, 5.74) is 1.04. The van der Waals surface area contributed by atoms with Gasteiger partial charge in [0.25, 0.3) is 0 Å². The number of carboxylic acid groups (broad SMARTS) is 1. The van der Waals surface area contributed by atoms with E-state index in [4.69, 9.17) is 0 Å². The van der Waals surface area contributed by atoms with Crippen molar-refractivity contribution in [1.82, 2.24) is 0 Å². The number of rotatable bonds is 4. The molecule has 1 N–H and O–H groups in total. The Balaban J connectivity index is 1.69. The van der Waals surface area contributed by atoms with E-state index in [9.17, 15) is 14.7 Å². The summed E-state index contributed by atoms with van der Waals surface area (Å²) in [5.74, 6) is 2.44. The minimum absolute atomic E-state index is 0.0250. The molecule has 30 heavy (non-hydrogen) atoms. The van der Waals surface area contributed by atoms with Crippen molar-refractivity contribution >= 4 is 11.8 Å². The van der Waals surface area contributed by atoms with Crippen LogP contribution in [0.25, 0.3) is 0 Å². The van der Waals surface area contributed by atoms with Gasteiger partial charge in [0.2, 0.25) is 0 Å². The maximum atomic E-state index is 13.0. The van der Waals surface area contributed by atoms with E-state index in [1.807, 2.05) is 0 Å². The van der Waals surface area contributed by atoms with Gasteiger partial charge in [-0.25, -0.2) is 0 Å². The fraction of sp³-hybridized carbons (Fsp3) is 0.926. The summed E-state index contributed by atoms with van der Waals surface area (Å²) in [6.07, 6.45) is 10.00. The standard InChI is InChI=1S/C27H44O3/c1-17(2)18-7-10-21-24(18,3)13-15-27(6)22-11-9-20(28)19(8-12-23(29)30)25(22,4)14-16-26(21,27)5/h17-19,21-22H,7-16H2,1-6H3,(H,29,30)/t18-,19-,21?,22?,24-,25+,26+,27-/m1/s1. The lowest BCUT2D eigenvalue weighted by atomic mass is 9.34. The third kappa shape index (κ3) is 2.82. The van der Waals surface area contributed by atoms with E-state index in [-0.39, 0.29) is 23.2 Å². The van der Waals surface area contributed by atoms with Crippen molar-refractivity contribution in [1.29, 1.82) is 0 Å². The molecule has 0 aliphatic heterocycles.